The number of piperidine rings is 1. The second kappa shape index (κ2) is 5.59. The van der Waals surface area contributed by atoms with Crippen LogP contribution in [-0.4, -0.2) is 25.9 Å². The summed E-state index contributed by atoms with van der Waals surface area (Å²) in [4.78, 5) is 0. The molecule has 0 saturated carbocycles. The van der Waals surface area contributed by atoms with E-state index in [1.54, 1.807) is 0 Å². The lowest BCUT2D eigenvalue weighted by Gasteiger charge is -2.23. The molecule has 1 atom stereocenters. The third-order valence-electron chi connectivity index (χ3n) is 3.60. The summed E-state index contributed by atoms with van der Waals surface area (Å²) >= 11 is 0. The number of nitrogens with one attached hydrogen (secondary N) is 2. The topological polar surface area (TPSA) is 42.5 Å². The molecule has 0 radical (unpaired) electrons. The van der Waals surface area contributed by atoms with Crippen molar-refractivity contribution in [2.45, 2.75) is 31.8 Å². The lowest BCUT2D eigenvalue weighted by Crippen LogP contribution is -2.41. The van der Waals surface area contributed by atoms with Crippen LogP contribution in [0.4, 0.5) is 0 Å². The van der Waals surface area contributed by atoms with E-state index in [-0.39, 0.29) is 0 Å². The second-order valence-corrected chi connectivity index (χ2v) is 4.93. The Bertz CT molecular complexity index is 403. The Hall–Kier alpha value is -1.26. The average Bonchev–Trinajstić information content (AvgIpc) is 2.89. The van der Waals surface area contributed by atoms with Gasteiger partial charge in [-0.3, -0.25) is 0 Å². The first-order chi connectivity index (χ1) is 8.93. The van der Waals surface area contributed by atoms with Crippen LogP contribution in [0.1, 0.15) is 24.8 Å². The smallest absolute Gasteiger partial charge is 0.231 e. The SMILES string of the molecule is c1cc(CNCC2CCCCN2)c2c(c1)OCO2. The molecule has 2 aliphatic heterocycles. The lowest BCUT2D eigenvalue weighted by atomic mass is 10.1. The standard InChI is InChI=1S/C14H20N2O2/c1-2-7-16-12(5-1)9-15-8-11-4-3-6-13-14(11)18-10-17-13/h3-4,6,12,15-16H,1-2,5,7-10H2. The van der Waals surface area contributed by atoms with E-state index in [1.807, 2.05) is 12.1 Å². The molecular weight excluding hydrogens is 228 g/mol. The van der Waals surface area contributed by atoms with Gasteiger partial charge in [0, 0.05) is 24.7 Å². The molecule has 1 aromatic rings. The van der Waals surface area contributed by atoms with Gasteiger partial charge in [0.1, 0.15) is 0 Å². The van der Waals surface area contributed by atoms with Crippen LogP contribution in [0, 0.1) is 0 Å². The van der Waals surface area contributed by atoms with Crippen molar-refractivity contribution in [1.29, 1.82) is 0 Å². The molecule has 98 valence electrons. The quantitative estimate of drug-likeness (QED) is 0.850. The van der Waals surface area contributed by atoms with Gasteiger partial charge in [0.2, 0.25) is 6.79 Å². The maximum absolute atomic E-state index is 5.49. The molecule has 18 heavy (non-hydrogen) atoms. The Kier molecular flexibility index (Phi) is 3.67. The number of hydrogen-bond acceptors (Lipinski definition) is 4. The molecule has 1 unspecified atom stereocenters. The van der Waals surface area contributed by atoms with Gasteiger partial charge in [0.15, 0.2) is 11.5 Å². The number of para-hydroxylation sites is 1. The van der Waals surface area contributed by atoms with E-state index in [2.05, 4.69) is 16.7 Å². The van der Waals surface area contributed by atoms with Crippen molar-refractivity contribution in [1.82, 2.24) is 10.6 Å². The highest BCUT2D eigenvalue weighted by Gasteiger charge is 2.17. The van der Waals surface area contributed by atoms with E-state index >= 15 is 0 Å². The molecule has 4 heteroatoms. The summed E-state index contributed by atoms with van der Waals surface area (Å²) < 4.78 is 10.9. The van der Waals surface area contributed by atoms with Crippen LogP contribution in [0.2, 0.25) is 0 Å². The van der Waals surface area contributed by atoms with Crippen LogP contribution in [-0.2, 0) is 6.54 Å². The number of rotatable bonds is 4. The van der Waals surface area contributed by atoms with Crippen LogP contribution in [0.15, 0.2) is 18.2 Å². The number of benzene rings is 1. The van der Waals surface area contributed by atoms with Gasteiger partial charge in [-0.1, -0.05) is 18.6 Å². The summed E-state index contributed by atoms with van der Waals surface area (Å²) in [6.07, 6.45) is 3.93. The minimum Gasteiger partial charge on any atom is -0.454 e. The molecule has 0 amide bonds. The fourth-order valence-electron chi connectivity index (χ4n) is 2.61. The lowest BCUT2D eigenvalue weighted by molar-refractivity contribution is 0.173. The second-order valence-electron chi connectivity index (χ2n) is 4.93. The molecule has 3 rings (SSSR count). The molecular formula is C14H20N2O2. The maximum atomic E-state index is 5.49. The molecule has 0 aromatic heterocycles. The summed E-state index contributed by atoms with van der Waals surface area (Å²) in [5.74, 6) is 1.77. The highest BCUT2D eigenvalue weighted by Crippen LogP contribution is 2.35. The summed E-state index contributed by atoms with van der Waals surface area (Å²) in [6.45, 7) is 3.36. The van der Waals surface area contributed by atoms with Crippen molar-refractivity contribution in [3.63, 3.8) is 0 Å². The first kappa shape index (κ1) is 11.8. The zero-order valence-corrected chi connectivity index (χ0v) is 10.6. The fraction of sp³-hybridized carbons (Fsp3) is 0.571. The van der Waals surface area contributed by atoms with Gasteiger partial charge in [-0.2, -0.15) is 0 Å². The predicted octanol–water partition coefficient (Wildman–Crippen LogP) is 1.65. The van der Waals surface area contributed by atoms with E-state index in [1.165, 1.54) is 24.8 Å². The van der Waals surface area contributed by atoms with Gasteiger partial charge in [-0.05, 0) is 25.5 Å². The maximum Gasteiger partial charge on any atom is 0.231 e. The molecule has 0 bridgehead atoms. The van der Waals surface area contributed by atoms with Crippen molar-refractivity contribution < 1.29 is 9.47 Å². The summed E-state index contributed by atoms with van der Waals surface area (Å²) in [5, 5.41) is 7.04. The highest BCUT2D eigenvalue weighted by molar-refractivity contribution is 5.48. The van der Waals surface area contributed by atoms with Crippen molar-refractivity contribution >= 4 is 0 Å². The van der Waals surface area contributed by atoms with Gasteiger partial charge in [-0.25, -0.2) is 0 Å². The van der Waals surface area contributed by atoms with Crippen LogP contribution in [0.5, 0.6) is 11.5 Å². The Morgan fingerprint density at radius 2 is 2.28 bits per heavy atom. The third-order valence-corrected chi connectivity index (χ3v) is 3.60. The Balaban J connectivity index is 1.52. The zero-order chi connectivity index (χ0) is 12.2. The van der Waals surface area contributed by atoms with Crippen molar-refractivity contribution in [2.75, 3.05) is 19.9 Å². The van der Waals surface area contributed by atoms with E-state index in [0.29, 0.717) is 12.8 Å². The highest BCUT2D eigenvalue weighted by atomic mass is 16.7. The van der Waals surface area contributed by atoms with Crippen molar-refractivity contribution in [3.8, 4) is 11.5 Å². The van der Waals surface area contributed by atoms with Crippen LogP contribution >= 0.6 is 0 Å². The Morgan fingerprint density at radius 3 is 3.17 bits per heavy atom. The molecule has 0 spiro atoms. The summed E-state index contributed by atoms with van der Waals surface area (Å²) in [5.41, 5.74) is 1.18. The molecule has 2 aliphatic rings. The molecule has 2 N–H and O–H groups in total. The normalized spacial score (nSPS) is 22.1. The molecule has 1 saturated heterocycles. The van der Waals surface area contributed by atoms with E-state index in [4.69, 9.17) is 9.47 Å². The minimum absolute atomic E-state index is 0.344. The van der Waals surface area contributed by atoms with Crippen molar-refractivity contribution in [2.24, 2.45) is 0 Å². The van der Waals surface area contributed by atoms with Gasteiger partial charge < -0.3 is 20.1 Å². The van der Waals surface area contributed by atoms with E-state index < -0.39 is 0 Å². The zero-order valence-electron chi connectivity index (χ0n) is 10.6. The molecule has 4 nitrogen and oxygen atoms in total. The Labute approximate surface area is 108 Å². The fourth-order valence-corrected chi connectivity index (χ4v) is 2.61. The van der Waals surface area contributed by atoms with Gasteiger partial charge >= 0.3 is 0 Å². The predicted molar refractivity (Wildman–Crippen MR) is 69.9 cm³/mol. The van der Waals surface area contributed by atoms with Gasteiger partial charge in [0.25, 0.3) is 0 Å². The monoisotopic (exact) mass is 248 g/mol. The molecule has 1 fully saturated rings. The number of hydrogen-bond donors (Lipinski definition) is 2. The van der Waals surface area contributed by atoms with Crippen molar-refractivity contribution in [3.05, 3.63) is 23.8 Å². The first-order valence-corrected chi connectivity index (χ1v) is 6.75. The third kappa shape index (κ3) is 2.60. The Morgan fingerprint density at radius 1 is 1.28 bits per heavy atom. The minimum atomic E-state index is 0.344. The molecule has 1 aromatic carbocycles. The molecule has 0 aliphatic carbocycles. The number of ether oxygens (including phenoxy) is 2. The van der Waals surface area contributed by atoms with Gasteiger partial charge in [-0.15, -0.1) is 0 Å². The summed E-state index contributed by atoms with van der Waals surface area (Å²) in [7, 11) is 0. The number of fused-ring (bicyclic) bond motifs is 1. The van der Waals surface area contributed by atoms with Crippen LogP contribution in [0.3, 0.4) is 0 Å². The summed E-state index contributed by atoms with van der Waals surface area (Å²) in [6, 6.07) is 6.68. The van der Waals surface area contributed by atoms with Crippen LogP contribution in [0.25, 0.3) is 0 Å². The van der Waals surface area contributed by atoms with E-state index in [9.17, 15) is 0 Å². The molecule has 2 heterocycles. The largest absolute Gasteiger partial charge is 0.454 e. The van der Waals surface area contributed by atoms with Crippen LogP contribution < -0.4 is 20.1 Å². The first-order valence-electron chi connectivity index (χ1n) is 6.75. The average molecular weight is 248 g/mol. The van der Waals surface area contributed by atoms with Gasteiger partial charge in [0.05, 0.1) is 0 Å². The van der Waals surface area contributed by atoms with E-state index in [0.717, 1.165) is 31.1 Å².